The Kier molecular flexibility index (Phi) is 7.79. The largest absolute Gasteiger partial charge is 0.462 e. The van der Waals surface area contributed by atoms with E-state index >= 15 is 0 Å². The number of hydrogen-bond donors (Lipinski definition) is 0. The van der Waals surface area contributed by atoms with Crippen LogP contribution in [-0.2, 0) is 15.3 Å². The van der Waals surface area contributed by atoms with E-state index in [4.69, 9.17) is 27.9 Å². The fourth-order valence-electron chi connectivity index (χ4n) is 2.51. The van der Waals surface area contributed by atoms with E-state index in [9.17, 15) is 10.1 Å². The minimum absolute atomic E-state index is 0.0120. The maximum atomic E-state index is 11.9. The number of nitrogens with zero attached hydrogens (tertiary/aromatic N) is 1. The van der Waals surface area contributed by atoms with Crippen LogP contribution in [0.5, 0.6) is 0 Å². The summed E-state index contributed by atoms with van der Waals surface area (Å²) in [7, 11) is 0. The van der Waals surface area contributed by atoms with Gasteiger partial charge < -0.3 is 4.74 Å². The molecule has 0 atom stereocenters. The molecule has 27 heavy (non-hydrogen) atoms. The second kappa shape index (κ2) is 9.85. The summed E-state index contributed by atoms with van der Waals surface area (Å²) in [5, 5.41) is 10.6. The van der Waals surface area contributed by atoms with Crippen LogP contribution in [0.15, 0.2) is 40.8 Å². The van der Waals surface area contributed by atoms with Crippen molar-refractivity contribution in [3.63, 3.8) is 0 Å². The predicted molar refractivity (Wildman–Crippen MR) is 112 cm³/mol. The van der Waals surface area contributed by atoms with Crippen LogP contribution in [0.4, 0.5) is 0 Å². The van der Waals surface area contributed by atoms with E-state index in [-0.39, 0.29) is 12.2 Å². The molecule has 0 saturated carbocycles. The van der Waals surface area contributed by atoms with Crippen molar-refractivity contribution in [3.8, 4) is 6.07 Å². The van der Waals surface area contributed by atoms with Gasteiger partial charge in [-0.25, -0.2) is 4.79 Å². The third-order valence-electron chi connectivity index (χ3n) is 3.89. The number of rotatable bonds is 6. The highest BCUT2D eigenvalue weighted by molar-refractivity contribution is 7.98. The maximum Gasteiger partial charge on any atom is 0.348 e. The number of carbonyl (C=O) groups excluding carboxylic acids is 1. The predicted octanol–water partition coefficient (Wildman–Crippen LogP) is 6.37. The summed E-state index contributed by atoms with van der Waals surface area (Å²) in [5.41, 5.74) is 3.96. The number of ether oxygens (including phenoxy) is 1. The van der Waals surface area contributed by atoms with Gasteiger partial charge in [0.15, 0.2) is 0 Å². The van der Waals surface area contributed by atoms with Crippen LogP contribution in [0.3, 0.4) is 0 Å². The molecule has 0 radical (unpaired) electrons. The Labute approximate surface area is 173 Å². The Morgan fingerprint density at radius 2 is 2.00 bits per heavy atom. The Bertz CT molecular complexity index is 933. The highest BCUT2D eigenvalue weighted by Crippen LogP contribution is 2.33. The van der Waals surface area contributed by atoms with Gasteiger partial charge in [0.2, 0.25) is 0 Å². The van der Waals surface area contributed by atoms with Crippen LogP contribution < -0.4 is 0 Å². The molecular weight excluding hydrogens is 401 g/mol. The minimum atomic E-state index is -0.609. The molecule has 140 valence electrons. The summed E-state index contributed by atoms with van der Waals surface area (Å²) < 4.78 is 4.94. The van der Waals surface area contributed by atoms with Crippen LogP contribution >= 0.6 is 35.0 Å². The lowest BCUT2D eigenvalue weighted by atomic mass is 9.98. The molecule has 0 spiro atoms. The monoisotopic (exact) mass is 419 g/mol. The minimum Gasteiger partial charge on any atom is -0.462 e. The molecule has 0 aliphatic heterocycles. The van der Waals surface area contributed by atoms with E-state index in [1.165, 1.54) is 0 Å². The lowest BCUT2D eigenvalue weighted by Gasteiger charge is -2.12. The topological polar surface area (TPSA) is 50.1 Å². The molecule has 0 unspecified atom stereocenters. The molecule has 0 bridgehead atoms. The SMILES string of the molecule is CCOC(=O)/C(C#N)=C/c1cc(C)cc(CSc2cc(Cl)ccc2Cl)c1C. The van der Waals surface area contributed by atoms with Crippen molar-refractivity contribution in [2.24, 2.45) is 0 Å². The first kappa shape index (κ1) is 21.4. The number of esters is 1. The van der Waals surface area contributed by atoms with Gasteiger partial charge in [0.25, 0.3) is 0 Å². The van der Waals surface area contributed by atoms with Gasteiger partial charge in [0, 0.05) is 15.7 Å². The van der Waals surface area contributed by atoms with Crippen molar-refractivity contribution in [1.29, 1.82) is 5.26 Å². The number of nitriles is 1. The van der Waals surface area contributed by atoms with Crippen molar-refractivity contribution < 1.29 is 9.53 Å². The van der Waals surface area contributed by atoms with Gasteiger partial charge in [-0.15, -0.1) is 11.8 Å². The Balaban J connectivity index is 2.33. The summed E-state index contributed by atoms with van der Waals surface area (Å²) in [6.45, 7) is 5.89. The fraction of sp³-hybridized carbons (Fsp3) is 0.238. The van der Waals surface area contributed by atoms with Gasteiger partial charge >= 0.3 is 5.97 Å². The number of benzene rings is 2. The summed E-state index contributed by atoms with van der Waals surface area (Å²) in [6.07, 6.45) is 1.58. The van der Waals surface area contributed by atoms with Gasteiger partial charge in [-0.1, -0.05) is 40.9 Å². The quantitative estimate of drug-likeness (QED) is 0.236. The molecule has 0 heterocycles. The molecule has 0 amide bonds. The van der Waals surface area contributed by atoms with E-state index in [2.05, 4.69) is 6.07 Å². The zero-order valence-corrected chi connectivity index (χ0v) is 17.6. The van der Waals surface area contributed by atoms with Gasteiger partial charge in [-0.05, 0) is 61.7 Å². The van der Waals surface area contributed by atoms with E-state index < -0.39 is 5.97 Å². The second-order valence-corrected chi connectivity index (χ2v) is 7.75. The van der Waals surface area contributed by atoms with Crippen LogP contribution in [0.2, 0.25) is 10.0 Å². The Morgan fingerprint density at radius 3 is 2.67 bits per heavy atom. The standard InChI is InChI=1S/C21H19Cl2NO2S/c1-4-26-21(25)16(11-24)9-15-7-13(2)8-17(14(15)3)12-27-20-10-18(22)5-6-19(20)23/h5-10H,4,12H2,1-3H3/b16-9+. The molecule has 0 N–H and O–H groups in total. The first-order valence-electron chi connectivity index (χ1n) is 8.32. The highest BCUT2D eigenvalue weighted by Gasteiger charge is 2.13. The molecule has 0 saturated heterocycles. The normalized spacial score (nSPS) is 11.2. The number of hydrogen-bond acceptors (Lipinski definition) is 4. The Morgan fingerprint density at radius 1 is 1.26 bits per heavy atom. The van der Waals surface area contributed by atoms with Crippen molar-refractivity contribution in [1.82, 2.24) is 0 Å². The van der Waals surface area contributed by atoms with Crippen LogP contribution in [-0.4, -0.2) is 12.6 Å². The molecule has 0 aliphatic rings. The lowest BCUT2D eigenvalue weighted by molar-refractivity contribution is -0.137. The average molecular weight is 420 g/mol. The molecule has 0 fully saturated rings. The number of aryl methyl sites for hydroxylation is 1. The van der Waals surface area contributed by atoms with E-state index in [1.807, 2.05) is 32.0 Å². The first-order chi connectivity index (χ1) is 12.8. The zero-order valence-electron chi connectivity index (χ0n) is 15.3. The molecule has 0 aliphatic carbocycles. The van der Waals surface area contributed by atoms with E-state index in [1.54, 1.807) is 36.9 Å². The molecule has 3 nitrogen and oxygen atoms in total. The number of thioether (sulfide) groups is 1. The lowest BCUT2D eigenvalue weighted by Crippen LogP contribution is -2.06. The fourth-order valence-corrected chi connectivity index (χ4v) is 4.05. The highest BCUT2D eigenvalue weighted by atomic mass is 35.5. The number of halogens is 2. The summed E-state index contributed by atoms with van der Waals surface area (Å²) in [5.74, 6) is 0.0814. The van der Waals surface area contributed by atoms with Gasteiger partial charge in [-0.2, -0.15) is 5.26 Å². The van der Waals surface area contributed by atoms with Gasteiger partial charge in [-0.3, -0.25) is 0 Å². The van der Waals surface area contributed by atoms with Gasteiger partial charge in [0.05, 0.1) is 11.6 Å². The smallest absolute Gasteiger partial charge is 0.348 e. The second-order valence-electron chi connectivity index (χ2n) is 5.89. The first-order valence-corrected chi connectivity index (χ1v) is 10.1. The van der Waals surface area contributed by atoms with Crippen molar-refractivity contribution in [2.75, 3.05) is 6.61 Å². The summed E-state index contributed by atoms with van der Waals surface area (Å²) in [6, 6.07) is 11.3. The third kappa shape index (κ3) is 5.77. The summed E-state index contributed by atoms with van der Waals surface area (Å²) >= 11 is 13.9. The van der Waals surface area contributed by atoms with Crippen molar-refractivity contribution in [2.45, 2.75) is 31.4 Å². The maximum absolute atomic E-state index is 11.9. The van der Waals surface area contributed by atoms with E-state index in [0.29, 0.717) is 15.8 Å². The van der Waals surface area contributed by atoms with Crippen molar-refractivity contribution in [3.05, 3.63) is 68.2 Å². The van der Waals surface area contributed by atoms with Crippen LogP contribution in [0.25, 0.3) is 6.08 Å². The molecule has 6 heteroatoms. The summed E-state index contributed by atoms with van der Waals surface area (Å²) in [4.78, 5) is 12.8. The Hall–Kier alpha value is -1.93. The zero-order chi connectivity index (χ0) is 20.0. The van der Waals surface area contributed by atoms with Crippen molar-refractivity contribution >= 4 is 47.0 Å². The average Bonchev–Trinajstić information content (AvgIpc) is 2.63. The third-order valence-corrected chi connectivity index (χ3v) is 5.67. The van der Waals surface area contributed by atoms with Gasteiger partial charge in [0.1, 0.15) is 11.6 Å². The number of carbonyl (C=O) groups is 1. The molecule has 2 aromatic rings. The molecule has 2 aromatic carbocycles. The van der Waals surface area contributed by atoms with Crippen LogP contribution in [0.1, 0.15) is 29.2 Å². The molecule has 0 aromatic heterocycles. The van der Waals surface area contributed by atoms with E-state index in [0.717, 1.165) is 27.1 Å². The molecular formula is C21H19Cl2NO2S. The van der Waals surface area contributed by atoms with Crippen LogP contribution in [0, 0.1) is 25.2 Å². The molecule has 2 rings (SSSR count).